The van der Waals surface area contributed by atoms with E-state index in [1.807, 2.05) is 19.1 Å². The summed E-state index contributed by atoms with van der Waals surface area (Å²) >= 11 is 0. The molecule has 0 heterocycles. The maximum atomic E-state index is 3.81. The average molecular weight is 188 g/mol. The quantitative estimate of drug-likeness (QED) is 0.566. The number of rotatable bonds is 4. The van der Waals surface area contributed by atoms with Gasteiger partial charge in [-0.15, -0.1) is 0 Å². The maximum absolute atomic E-state index is 3.81. The minimum atomic E-state index is 1.15. The van der Waals surface area contributed by atoms with Crippen LogP contribution in [-0.4, -0.2) is 0 Å². The minimum Gasteiger partial charge on any atom is -0.0988 e. The molecule has 0 bridgehead atoms. The van der Waals surface area contributed by atoms with Gasteiger partial charge in [-0.25, -0.2) is 0 Å². The molecule has 0 radical (unpaired) electrons. The Morgan fingerprint density at radius 1 is 0.857 bits per heavy atom. The molecule has 14 heavy (non-hydrogen) atoms. The van der Waals surface area contributed by atoms with Gasteiger partial charge in [0.1, 0.15) is 0 Å². The van der Waals surface area contributed by atoms with Crippen molar-refractivity contribution in [3.63, 3.8) is 0 Å². The number of hydrogen-bond acceptors (Lipinski definition) is 0. The zero-order valence-electron chi connectivity index (χ0n) is 9.72. The molecule has 0 rings (SSSR count). The predicted molar refractivity (Wildman–Crippen MR) is 66.3 cm³/mol. The van der Waals surface area contributed by atoms with Gasteiger partial charge in [-0.2, -0.15) is 0 Å². The predicted octanol–water partition coefficient (Wildman–Crippen LogP) is 4.59. The SMILES string of the molecule is C=C/C(C)=C\C(C=C)=C(/C)C=C(C)C. The Hall–Kier alpha value is -1.30. The van der Waals surface area contributed by atoms with Gasteiger partial charge in [-0.3, -0.25) is 0 Å². The normalized spacial score (nSPS) is 13.0. The Balaban J connectivity index is 5.15. The minimum absolute atomic E-state index is 1.15. The first kappa shape index (κ1) is 12.7. The van der Waals surface area contributed by atoms with Gasteiger partial charge in [0.05, 0.1) is 0 Å². The lowest BCUT2D eigenvalue weighted by Gasteiger charge is -2.01. The molecule has 0 aromatic carbocycles. The Kier molecular flexibility index (Phi) is 5.62. The van der Waals surface area contributed by atoms with E-state index >= 15 is 0 Å². The highest BCUT2D eigenvalue weighted by Crippen LogP contribution is 2.13. The van der Waals surface area contributed by atoms with E-state index in [0.717, 1.165) is 11.1 Å². The third kappa shape index (κ3) is 4.66. The van der Waals surface area contributed by atoms with Crippen molar-refractivity contribution in [2.45, 2.75) is 27.7 Å². The lowest BCUT2D eigenvalue weighted by molar-refractivity contribution is 1.33. The van der Waals surface area contributed by atoms with Crippen LogP contribution >= 0.6 is 0 Å². The molecule has 0 heteroatoms. The molecule has 0 unspecified atom stereocenters. The molecule has 0 saturated carbocycles. The van der Waals surface area contributed by atoms with E-state index in [4.69, 9.17) is 0 Å². The Labute approximate surface area is 88.0 Å². The first-order chi connectivity index (χ1) is 6.51. The topological polar surface area (TPSA) is 0 Å². The van der Waals surface area contributed by atoms with Gasteiger partial charge in [-0.1, -0.05) is 48.6 Å². The molecule has 0 spiro atoms. The zero-order valence-corrected chi connectivity index (χ0v) is 9.72. The molecule has 0 atom stereocenters. The number of allylic oxidation sites excluding steroid dienone is 8. The fourth-order valence-corrected chi connectivity index (χ4v) is 1.15. The molecule has 0 aliphatic heterocycles. The van der Waals surface area contributed by atoms with Crippen LogP contribution < -0.4 is 0 Å². The lowest BCUT2D eigenvalue weighted by atomic mass is 10.0. The Bertz CT molecular complexity index is 305. The van der Waals surface area contributed by atoms with Crippen molar-refractivity contribution < 1.29 is 0 Å². The third-order valence-electron chi connectivity index (χ3n) is 1.89. The van der Waals surface area contributed by atoms with E-state index < -0.39 is 0 Å². The summed E-state index contributed by atoms with van der Waals surface area (Å²) in [4.78, 5) is 0. The average Bonchev–Trinajstić information content (AvgIpc) is 2.12. The smallest absolute Gasteiger partial charge is 0.0231 e. The summed E-state index contributed by atoms with van der Waals surface area (Å²) in [6, 6.07) is 0. The summed E-state index contributed by atoms with van der Waals surface area (Å²) in [5.41, 5.74) is 4.85. The third-order valence-corrected chi connectivity index (χ3v) is 1.89. The van der Waals surface area contributed by atoms with Crippen LogP contribution in [0.15, 0.2) is 59.8 Å². The summed E-state index contributed by atoms with van der Waals surface area (Å²) in [6.07, 6.45) is 7.97. The van der Waals surface area contributed by atoms with Gasteiger partial charge < -0.3 is 0 Å². The van der Waals surface area contributed by atoms with E-state index in [-0.39, 0.29) is 0 Å². The molecule has 0 N–H and O–H groups in total. The fourth-order valence-electron chi connectivity index (χ4n) is 1.15. The summed E-state index contributed by atoms with van der Waals surface area (Å²) in [5, 5.41) is 0. The van der Waals surface area contributed by atoms with Crippen molar-refractivity contribution in [3.8, 4) is 0 Å². The van der Waals surface area contributed by atoms with Gasteiger partial charge >= 0.3 is 0 Å². The monoisotopic (exact) mass is 188 g/mol. The molecular weight excluding hydrogens is 168 g/mol. The van der Waals surface area contributed by atoms with Crippen molar-refractivity contribution in [1.82, 2.24) is 0 Å². The molecular formula is C14H20. The van der Waals surface area contributed by atoms with Gasteiger partial charge in [0.25, 0.3) is 0 Å². The van der Waals surface area contributed by atoms with E-state index in [1.165, 1.54) is 11.1 Å². The molecule has 0 aromatic rings. The molecule has 0 saturated heterocycles. The van der Waals surface area contributed by atoms with Crippen LogP contribution in [0, 0.1) is 0 Å². The Morgan fingerprint density at radius 3 is 1.79 bits per heavy atom. The van der Waals surface area contributed by atoms with Crippen molar-refractivity contribution in [2.24, 2.45) is 0 Å². The van der Waals surface area contributed by atoms with E-state index in [0.29, 0.717) is 0 Å². The van der Waals surface area contributed by atoms with E-state index in [9.17, 15) is 0 Å². The van der Waals surface area contributed by atoms with Crippen LogP contribution in [0.5, 0.6) is 0 Å². The summed E-state index contributed by atoms with van der Waals surface area (Å²) in [6.45, 7) is 15.8. The highest BCUT2D eigenvalue weighted by atomic mass is 14.0. The lowest BCUT2D eigenvalue weighted by Crippen LogP contribution is -1.81. The standard InChI is InChI=1S/C14H20/c1-7-12(5)10-14(8-2)13(6)9-11(3)4/h7-10H,1-2H2,3-6H3/b12-10-,14-13+. The molecule has 76 valence electrons. The Morgan fingerprint density at radius 2 is 1.43 bits per heavy atom. The van der Waals surface area contributed by atoms with E-state index in [1.54, 1.807) is 0 Å². The first-order valence-electron chi connectivity index (χ1n) is 4.80. The van der Waals surface area contributed by atoms with Gasteiger partial charge in [0.15, 0.2) is 0 Å². The van der Waals surface area contributed by atoms with Gasteiger partial charge in [-0.05, 0) is 38.8 Å². The highest BCUT2D eigenvalue weighted by Gasteiger charge is 1.93. The van der Waals surface area contributed by atoms with Crippen LogP contribution in [-0.2, 0) is 0 Å². The maximum Gasteiger partial charge on any atom is -0.0231 e. The molecule has 0 aliphatic carbocycles. The zero-order chi connectivity index (χ0) is 11.1. The first-order valence-corrected chi connectivity index (χ1v) is 4.80. The van der Waals surface area contributed by atoms with Crippen molar-refractivity contribution in [1.29, 1.82) is 0 Å². The second-order valence-electron chi connectivity index (χ2n) is 3.66. The highest BCUT2D eigenvalue weighted by molar-refractivity contribution is 5.42. The van der Waals surface area contributed by atoms with Crippen molar-refractivity contribution >= 4 is 0 Å². The summed E-state index contributed by atoms with van der Waals surface area (Å²) < 4.78 is 0. The number of hydrogen-bond donors (Lipinski definition) is 0. The van der Waals surface area contributed by atoms with Crippen LogP contribution in [0.4, 0.5) is 0 Å². The van der Waals surface area contributed by atoms with Crippen LogP contribution in [0.25, 0.3) is 0 Å². The van der Waals surface area contributed by atoms with Crippen LogP contribution in [0.1, 0.15) is 27.7 Å². The summed E-state index contributed by atoms with van der Waals surface area (Å²) in [5.74, 6) is 0. The van der Waals surface area contributed by atoms with Gasteiger partial charge in [0.2, 0.25) is 0 Å². The van der Waals surface area contributed by atoms with Crippen LogP contribution in [0.3, 0.4) is 0 Å². The molecule has 0 aliphatic rings. The second-order valence-corrected chi connectivity index (χ2v) is 3.66. The molecule has 0 aromatic heterocycles. The summed E-state index contributed by atoms with van der Waals surface area (Å²) in [7, 11) is 0. The van der Waals surface area contributed by atoms with Crippen molar-refractivity contribution in [2.75, 3.05) is 0 Å². The fraction of sp³-hybridized carbons (Fsp3) is 0.286. The van der Waals surface area contributed by atoms with Crippen molar-refractivity contribution in [3.05, 3.63) is 59.8 Å². The molecule has 0 fully saturated rings. The van der Waals surface area contributed by atoms with E-state index in [2.05, 4.69) is 46.1 Å². The molecule has 0 amide bonds. The largest absolute Gasteiger partial charge is 0.0988 e. The van der Waals surface area contributed by atoms with Gasteiger partial charge in [0, 0.05) is 0 Å². The molecule has 0 nitrogen and oxygen atoms in total. The van der Waals surface area contributed by atoms with Crippen LogP contribution in [0.2, 0.25) is 0 Å². The second kappa shape index (κ2) is 6.20.